The van der Waals surface area contributed by atoms with Gasteiger partial charge in [-0.1, -0.05) is 31.2 Å². The second-order valence-electron chi connectivity index (χ2n) is 8.42. The maximum Gasteiger partial charge on any atom is 0.416 e. The Balaban J connectivity index is 1.60. The number of carbonyl (C=O) groups excluding carboxylic acids is 1. The van der Waals surface area contributed by atoms with Crippen molar-refractivity contribution in [1.29, 1.82) is 0 Å². The predicted octanol–water partition coefficient (Wildman–Crippen LogP) is 6.56. The number of nitrogens with zero attached hydrogens (tertiary/aromatic N) is 3. The van der Waals surface area contributed by atoms with Gasteiger partial charge in [0.2, 0.25) is 0 Å². The Morgan fingerprint density at radius 3 is 2.17 bits per heavy atom. The quantitative estimate of drug-likeness (QED) is 0.316. The number of hydrogen-bond acceptors (Lipinski definition) is 4. The molecule has 3 aromatic carbocycles. The number of ether oxygens (including phenoxy) is 1. The van der Waals surface area contributed by atoms with Crippen LogP contribution in [0.15, 0.2) is 72.8 Å². The second-order valence-corrected chi connectivity index (χ2v) is 8.42. The fraction of sp³-hybridized carbons (Fsp3) is 0.222. The van der Waals surface area contributed by atoms with E-state index in [-0.39, 0.29) is 18.0 Å². The summed E-state index contributed by atoms with van der Waals surface area (Å²) in [5, 5.41) is 7.25. The first-order valence-corrected chi connectivity index (χ1v) is 11.5. The number of amides is 1. The zero-order valence-corrected chi connectivity index (χ0v) is 20.0. The maximum absolute atomic E-state index is 13.0. The third-order valence-electron chi connectivity index (χ3n) is 5.39. The predicted molar refractivity (Wildman–Crippen MR) is 131 cm³/mol. The van der Waals surface area contributed by atoms with E-state index in [0.29, 0.717) is 28.3 Å². The van der Waals surface area contributed by atoms with Gasteiger partial charge in [0.05, 0.1) is 17.4 Å². The minimum absolute atomic E-state index is 0.104. The molecule has 0 unspecified atom stereocenters. The largest absolute Gasteiger partial charge is 0.460 e. The molecule has 9 heteroatoms. The number of anilines is 1. The molecule has 1 N–H and O–H groups in total. The highest BCUT2D eigenvalue weighted by Crippen LogP contribution is 2.31. The molecule has 1 amide bonds. The molecule has 6 nitrogen and oxygen atoms in total. The average molecular weight is 495 g/mol. The van der Waals surface area contributed by atoms with Crippen LogP contribution in [0.5, 0.6) is 6.01 Å². The molecule has 0 fully saturated rings. The van der Waals surface area contributed by atoms with E-state index in [9.17, 15) is 18.0 Å². The zero-order valence-electron chi connectivity index (χ0n) is 20.0. The van der Waals surface area contributed by atoms with Crippen LogP contribution in [0.4, 0.5) is 18.9 Å². The summed E-state index contributed by atoms with van der Waals surface area (Å²) < 4.78 is 46.1. The van der Waals surface area contributed by atoms with Crippen LogP contribution in [-0.4, -0.2) is 26.8 Å². The van der Waals surface area contributed by atoms with Gasteiger partial charge in [0.15, 0.2) is 5.82 Å². The molecule has 4 aromatic rings. The van der Waals surface area contributed by atoms with Gasteiger partial charge in [-0.3, -0.25) is 4.79 Å². The number of aromatic nitrogens is 3. The smallest absolute Gasteiger partial charge is 0.416 e. The number of halogens is 3. The molecule has 0 saturated carbocycles. The van der Waals surface area contributed by atoms with Crippen LogP contribution in [0.25, 0.3) is 17.1 Å². The second kappa shape index (κ2) is 10.2. The van der Waals surface area contributed by atoms with Crippen LogP contribution in [0.3, 0.4) is 0 Å². The van der Waals surface area contributed by atoms with Crippen LogP contribution in [-0.2, 0) is 12.6 Å². The molecule has 1 heterocycles. The Morgan fingerprint density at radius 2 is 1.61 bits per heavy atom. The molecule has 1 aromatic heterocycles. The van der Waals surface area contributed by atoms with Crippen LogP contribution < -0.4 is 10.1 Å². The summed E-state index contributed by atoms with van der Waals surface area (Å²) >= 11 is 0. The van der Waals surface area contributed by atoms with Crippen LogP contribution in [0, 0.1) is 0 Å². The number of carbonyl (C=O) groups is 1. The van der Waals surface area contributed by atoms with Gasteiger partial charge in [0.25, 0.3) is 5.91 Å². The van der Waals surface area contributed by atoms with Gasteiger partial charge in [-0.15, -0.1) is 5.10 Å². The molecular formula is C27H25F3N4O2. The lowest BCUT2D eigenvalue weighted by Crippen LogP contribution is -2.12. The zero-order chi connectivity index (χ0) is 25.9. The molecular weight excluding hydrogens is 469 g/mol. The molecule has 0 spiro atoms. The van der Waals surface area contributed by atoms with Crippen LogP contribution in [0.2, 0.25) is 0 Å². The van der Waals surface area contributed by atoms with Crippen molar-refractivity contribution in [3.8, 4) is 23.1 Å². The molecule has 186 valence electrons. The van der Waals surface area contributed by atoms with Gasteiger partial charge in [0.1, 0.15) is 0 Å². The van der Waals surface area contributed by atoms with E-state index < -0.39 is 11.7 Å². The molecule has 4 rings (SSSR count). The van der Waals surface area contributed by atoms with E-state index in [4.69, 9.17) is 4.74 Å². The third kappa shape index (κ3) is 5.73. The van der Waals surface area contributed by atoms with E-state index in [0.717, 1.165) is 24.1 Å². The van der Waals surface area contributed by atoms with Gasteiger partial charge in [0, 0.05) is 16.8 Å². The Hall–Kier alpha value is -4.14. The molecule has 0 aliphatic carbocycles. The first-order chi connectivity index (χ1) is 17.1. The Kier molecular flexibility index (Phi) is 7.10. The fourth-order valence-electron chi connectivity index (χ4n) is 3.51. The van der Waals surface area contributed by atoms with Crippen molar-refractivity contribution in [3.63, 3.8) is 0 Å². The molecule has 0 atom stereocenters. The Bertz CT molecular complexity index is 1330. The number of nitrogens with one attached hydrogen (secondary N) is 1. The minimum atomic E-state index is -4.43. The number of rotatable bonds is 7. The van der Waals surface area contributed by atoms with Gasteiger partial charge in [-0.05, 0) is 74.4 Å². The standard InChI is InChI=1S/C27H25F3N4O2/c1-4-18-5-7-20(8-6-18)25(35)31-22-13-15-23(16-14-22)34-24(32-26(33-34)36-17(2)3)19-9-11-21(12-10-19)27(28,29)30/h5-17H,4H2,1-3H3,(H,31,35). The van der Waals surface area contributed by atoms with Crippen molar-refractivity contribution in [2.24, 2.45) is 0 Å². The average Bonchev–Trinajstić information content (AvgIpc) is 3.27. The van der Waals surface area contributed by atoms with E-state index in [1.807, 2.05) is 32.9 Å². The number of benzene rings is 3. The Labute approximate surface area is 206 Å². The van der Waals surface area contributed by atoms with Crippen molar-refractivity contribution in [2.45, 2.75) is 39.5 Å². The summed E-state index contributed by atoms with van der Waals surface area (Å²) in [6.07, 6.45) is -3.73. The van der Waals surface area contributed by atoms with Crippen molar-refractivity contribution >= 4 is 11.6 Å². The molecule has 0 aliphatic rings. The van der Waals surface area contributed by atoms with Gasteiger partial charge >= 0.3 is 12.2 Å². The van der Waals surface area contributed by atoms with Crippen molar-refractivity contribution < 1.29 is 22.7 Å². The minimum Gasteiger partial charge on any atom is -0.460 e. The lowest BCUT2D eigenvalue weighted by molar-refractivity contribution is -0.137. The summed E-state index contributed by atoms with van der Waals surface area (Å²) in [5.74, 6) is 0.0939. The van der Waals surface area contributed by atoms with Gasteiger partial charge in [-0.25, -0.2) is 4.68 Å². The molecule has 0 bridgehead atoms. The fourth-order valence-corrected chi connectivity index (χ4v) is 3.51. The van der Waals surface area contributed by atoms with E-state index >= 15 is 0 Å². The topological polar surface area (TPSA) is 69.0 Å². The SMILES string of the molecule is CCc1ccc(C(=O)Nc2ccc(-n3nc(OC(C)C)nc3-c3ccc(C(F)(F)F)cc3)cc2)cc1. The highest BCUT2D eigenvalue weighted by molar-refractivity contribution is 6.04. The Morgan fingerprint density at radius 1 is 0.972 bits per heavy atom. The highest BCUT2D eigenvalue weighted by Gasteiger charge is 2.30. The normalized spacial score (nSPS) is 11.5. The summed E-state index contributed by atoms with van der Waals surface area (Å²) in [6.45, 7) is 5.70. The van der Waals surface area contributed by atoms with E-state index in [2.05, 4.69) is 15.4 Å². The molecule has 36 heavy (non-hydrogen) atoms. The monoisotopic (exact) mass is 494 g/mol. The number of aryl methyl sites for hydroxylation is 1. The summed E-state index contributed by atoms with van der Waals surface area (Å²) in [6, 6.07) is 19.1. The summed E-state index contributed by atoms with van der Waals surface area (Å²) in [4.78, 5) is 17.0. The first kappa shape index (κ1) is 25.0. The van der Waals surface area contributed by atoms with Crippen molar-refractivity contribution in [2.75, 3.05) is 5.32 Å². The van der Waals surface area contributed by atoms with Crippen molar-refractivity contribution in [1.82, 2.24) is 14.8 Å². The van der Waals surface area contributed by atoms with Crippen molar-refractivity contribution in [3.05, 3.63) is 89.5 Å². The summed E-state index contributed by atoms with van der Waals surface area (Å²) in [5.41, 5.74) is 2.57. The van der Waals surface area contributed by atoms with Gasteiger partial charge in [-0.2, -0.15) is 18.2 Å². The van der Waals surface area contributed by atoms with E-state index in [1.165, 1.54) is 16.8 Å². The number of hydrogen-bond donors (Lipinski definition) is 1. The van der Waals surface area contributed by atoms with Crippen LogP contribution in [0.1, 0.15) is 42.3 Å². The highest BCUT2D eigenvalue weighted by atomic mass is 19.4. The number of alkyl halides is 3. The molecule has 0 aliphatic heterocycles. The maximum atomic E-state index is 13.0. The lowest BCUT2D eigenvalue weighted by atomic mass is 10.1. The third-order valence-corrected chi connectivity index (χ3v) is 5.39. The molecule has 0 radical (unpaired) electrons. The van der Waals surface area contributed by atoms with Crippen LogP contribution >= 0.6 is 0 Å². The van der Waals surface area contributed by atoms with Gasteiger partial charge < -0.3 is 10.1 Å². The lowest BCUT2D eigenvalue weighted by Gasteiger charge is -2.10. The van der Waals surface area contributed by atoms with E-state index in [1.54, 1.807) is 36.4 Å². The first-order valence-electron chi connectivity index (χ1n) is 11.5. The molecule has 0 saturated heterocycles. The summed E-state index contributed by atoms with van der Waals surface area (Å²) in [7, 11) is 0.